The van der Waals surface area contributed by atoms with Crippen molar-refractivity contribution in [3.63, 3.8) is 0 Å². The molecule has 1 aromatic heterocycles. The molecule has 0 aliphatic carbocycles. The minimum absolute atomic E-state index is 0. The molecule has 1 heterocycles. The quantitative estimate of drug-likeness (QED) is 0.208. The number of rotatable bonds is 20. The first-order chi connectivity index (χ1) is 13.7. The van der Waals surface area contributed by atoms with Crippen molar-refractivity contribution in [3.05, 3.63) is 18.7 Å². The van der Waals surface area contributed by atoms with Crippen molar-refractivity contribution in [1.82, 2.24) is 4.57 Å². The number of carbonyl (C=O) groups is 1. The molecule has 0 aliphatic rings. The van der Waals surface area contributed by atoms with Crippen LogP contribution >= 0.6 is 0 Å². The van der Waals surface area contributed by atoms with Crippen LogP contribution in [0.3, 0.4) is 0 Å². The lowest BCUT2D eigenvalue weighted by Crippen LogP contribution is -3.00. The summed E-state index contributed by atoms with van der Waals surface area (Å²) in [5, 5.41) is 0. The number of halogens is 1. The highest BCUT2D eigenvalue weighted by Crippen LogP contribution is 2.14. The summed E-state index contributed by atoms with van der Waals surface area (Å²) in [7, 11) is 0. The second-order valence-electron chi connectivity index (χ2n) is 8.68. The third-order valence-electron chi connectivity index (χ3n) is 5.67. The molecule has 0 unspecified atom stereocenters. The Morgan fingerprint density at radius 2 is 1.14 bits per heavy atom. The van der Waals surface area contributed by atoms with Gasteiger partial charge in [0.15, 0.2) is 5.78 Å². The third kappa shape index (κ3) is 17.9. The number of carbonyl (C=O) groups excluding carboxylic acids is 1. The molecule has 29 heavy (non-hydrogen) atoms. The first-order valence-corrected chi connectivity index (χ1v) is 12.3. The number of ketones is 1. The first-order valence-electron chi connectivity index (χ1n) is 12.3. The van der Waals surface area contributed by atoms with E-state index in [9.17, 15) is 4.79 Å². The van der Waals surface area contributed by atoms with E-state index in [0.717, 1.165) is 6.54 Å². The number of hydrogen-bond acceptors (Lipinski definition) is 1. The van der Waals surface area contributed by atoms with Gasteiger partial charge >= 0.3 is 0 Å². The Morgan fingerprint density at radius 1 is 0.724 bits per heavy atom. The van der Waals surface area contributed by atoms with Gasteiger partial charge in [0.25, 0.3) is 0 Å². The summed E-state index contributed by atoms with van der Waals surface area (Å²) in [5.41, 5.74) is 0. The zero-order valence-corrected chi connectivity index (χ0v) is 20.9. The van der Waals surface area contributed by atoms with Crippen molar-refractivity contribution >= 4 is 5.78 Å². The number of aryl methyl sites for hydroxylation is 1. The van der Waals surface area contributed by atoms with E-state index in [0.29, 0.717) is 6.54 Å². The molecule has 0 N–H and O–H groups in total. The summed E-state index contributed by atoms with van der Waals surface area (Å²) in [6.07, 6.45) is 30.2. The molecule has 0 atom stereocenters. The predicted molar refractivity (Wildman–Crippen MR) is 119 cm³/mol. The molecular weight excluding hydrogens is 424 g/mol. The Balaban J connectivity index is 0.00000784. The fourth-order valence-corrected chi connectivity index (χ4v) is 3.94. The molecule has 3 nitrogen and oxygen atoms in total. The topological polar surface area (TPSA) is 25.9 Å². The van der Waals surface area contributed by atoms with Gasteiger partial charge in [-0.15, -0.1) is 0 Å². The first kappa shape index (κ1) is 28.4. The third-order valence-corrected chi connectivity index (χ3v) is 5.67. The van der Waals surface area contributed by atoms with Gasteiger partial charge in [0.2, 0.25) is 6.33 Å². The lowest BCUT2D eigenvalue weighted by Gasteiger charge is -2.03. The standard InChI is InChI=1S/C25H47N2O.BrH/c1-3-4-5-6-7-8-9-10-11-12-13-14-15-16-17-18-19-20-26-21-22-27(24-26)23-25(2)28;/h21-22,24H,3-20,23H2,1-2H3;1H/q+1;/p-1. The van der Waals surface area contributed by atoms with Gasteiger partial charge in [0.1, 0.15) is 18.9 Å². The molecule has 1 aromatic rings. The van der Waals surface area contributed by atoms with Crippen LogP contribution in [0.15, 0.2) is 18.7 Å². The van der Waals surface area contributed by atoms with Crippen LogP contribution in [0.25, 0.3) is 0 Å². The lowest BCUT2D eigenvalue weighted by molar-refractivity contribution is -0.683. The van der Waals surface area contributed by atoms with Crippen molar-refractivity contribution in [2.75, 3.05) is 0 Å². The lowest BCUT2D eigenvalue weighted by atomic mass is 10.0. The van der Waals surface area contributed by atoms with Crippen molar-refractivity contribution in [2.45, 2.75) is 136 Å². The number of unbranched alkanes of at least 4 members (excludes halogenated alkanes) is 16. The molecule has 4 heteroatoms. The normalized spacial score (nSPS) is 10.8. The van der Waals surface area contributed by atoms with E-state index >= 15 is 0 Å². The van der Waals surface area contributed by atoms with Crippen LogP contribution in [-0.4, -0.2) is 10.4 Å². The average molecular weight is 472 g/mol. The monoisotopic (exact) mass is 470 g/mol. The van der Waals surface area contributed by atoms with Crippen LogP contribution < -0.4 is 21.5 Å². The fraction of sp³-hybridized carbons (Fsp3) is 0.840. The van der Waals surface area contributed by atoms with Crippen LogP contribution in [0.2, 0.25) is 0 Å². The fourth-order valence-electron chi connectivity index (χ4n) is 3.94. The molecule has 0 saturated heterocycles. The van der Waals surface area contributed by atoms with Gasteiger partial charge < -0.3 is 17.0 Å². The molecule has 1 rings (SSSR count). The smallest absolute Gasteiger partial charge is 0.244 e. The molecular formula is C25H47BrN2O. The average Bonchev–Trinajstić information content (AvgIpc) is 3.10. The van der Waals surface area contributed by atoms with E-state index in [4.69, 9.17) is 0 Å². The Morgan fingerprint density at radius 3 is 1.55 bits per heavy atom. The zero-order chi connectivity index (χ0) is 20.3. The van der Waals surface area contributed by atoms with E-state index in [2.05, 4.69) is 17.7 Å². The van der Waals surface area contributed by atoms with E-state index < -0.39 is 0 Å². The number of imidazole rings is 1. The van der Waals surface area contributed by atoms with Crippen molar-refractivity contribution in [2.24, 2.45) is 0 Å². The van der Waals surface area contributed by atoms with Crippen LogP contribution in [0.4, 0.5) is 0 Å². The number of nitrogens with zero attached hydrogens (tertiary/aromatic N) is 2. The van der Waals surface area contributed by atoms with Gasteiger partial charge in [-0.1, -0.05) is 103 Å². The van der Waals surface area contributed by atoms with Crippen molar-refractivity contribution in [1.29, 1.82) is 0 Å². The second kappa shape index (κ2) is 20.6. The van der Waals surface area contributed by atoms with Gasteiger partial charge in [-0.2, -0.15) is 0 Å². The Kier molecular flexibility index (Phi) is 20.2. The summed E-state index contributed by atoms with van der Waals surface area (Å²) < 4.78 is 4.17. The summed E-state index contributed by atoms with van der Waals surface area (Å²) in [6, 6.07) is 0. The highest BCUT2D eigenvalue weighted by Gasteiger charge is 2.05. The Hall–Kier alpha value is -0.640. The minimum atomic E-state index is 0. The molecule has 0 saturated carbocycles. The van der Waals surface area contributed by atoms with Gasteiger partial charge in [-0.05, 0) is 19.8 Å². The van der Waals surface area contributed by atoms with E-state index in [1.165, 1.54) is 109 Å². The van der Waals surface area contributed by atoms with E-state index in [-0.39, 0.29) is 22.8 Å². The molecule has 170 valence electrons. The van der Waals surface area contributed by atoms with Crippen molar-refractivity contribution < 1.29 is 26.3 Å². The van der Waals surface area contributed by atoms with Gasteiger partial charge in [0.05, 0.1) is 6.54 Å². The molecule has 0 bridgehead atoms. The molecule has 0 spiro atoms. The maximum absolute atomic E-state index is 11.1. The SMILES string of the molecule is CCCCCCCCCCCCCCCCCCCn1cc[n+](CC(C)=O)c1.[Br-]. The van der Waals surface area contributed by atoms with Crippen LogP contribution in [0, 0.1) is 0 Å². The van der Waals surface area contributed by atoms with Crippen molar-refractivity contribution in [3.8, 4) is 0 Å². The highest BCUT2D eigenvalue weighted by atomic mass is 79.9. The van der Waals surface area contributed by atoms with Gasteiger partial charge in [-0.25, -0.2) is 9.13 Å². The summed E-state index contributed by atoms with van der Waals surface area (Å²) in [6.45, 7) is 5.50. The molecule has 0 fully saturated rings. The largest absolute Gasteiger partial charge is 1.00 e. The molecule has 0 aliphatic heterocycles. The second-order valence-corrected chi connectivity index (χ2v) is 8.68. The summed E-state index contributed by atoms with van der Waals surface area (Å²) >= 11 is 0. The maximum Gasteiger partial charge on any atom is 0.244 e. The highest BCUT2D eigenvalue weighted by molar-refractivity contribution is 5.73. The summed E-state index contributed by atoms with van der Waals surface area (Å²) in [4.78, 5) is 11.1. The zero-order valence-electron chi connectivity index (χ0n) is 19.3. The molecule has 0 amide bonds. The van der Waals surface area contributed by atoms with E-state index in [1.807, 2.05) is 17.1 Å². The Bertz CT molecular complexity index is 487. The molecule has 0 radical (unpaired) electrons. The Labute approximate surface area is 191 Å². The number of Topliss-reactive ketones (excluding diaryl/α,β-unsaturated/α-hetero) is 1. The van der Waals surface area contributed by atoms with Crippen LogP contribution in [-0.2, 0) is 17.9 Å². The summed E-state index contributed by atoms with van der Waals surface area (Å²) in [5.74, 6) is 0.209. The molecule has 0 aromatic carbocycles. The number of hydrogen-bond donors (Lipinski definition) is 0. The van der Waals surface area contributed by atoms with Crippen LogP contribution in [0.5, 0.6) is 0 Å². The van der Waals surface area contributed by atoms with E-state index in [1.54, 1.807) is 6.92 Å². The van der Waals surface area contributed by atoms with Gasteiger partial charge in [-0.3, -0.25) is 4.79 Å². The number of aromatic nitrogens is 2. The van der Waals surface area contributed by atoms with Crippen LogP contribution in [0.1, 0.15) is 123 Å². The maximum atomic E-state index is 11.1. The van der Waals surface area contributed by atoms with Gasteiger partial charge in [0, 0.05) is 0 Å². The predicted octanol–water partition coefficient (Wildman–Crippen LogP) is 4.02. The minimum Gasteiger partial charge on any atom is -1.00 e.